The van der Waals surface area contributed by atoms with E-state index in [2.05, 4.69) is 31.9 Å². The molecular formula is C10H13Br2NO2S. The minimum absolute atomic E-state index is 0.0382. The van der Waals surface area contributed by atoms with Gasteiger partial charge in [0.1, 0.15) is 0 Å². The molecule has 0 fully saturated rings. The monoisotopic (exact) mass is 369 g/mol. The zero-order valence-electron chi connectivity index (χ0n) is 9.07. The molecule has 0 saturated heterocycles. The number of methoxy groups -OCH3 is 1. The molecule has 6 heteroatoms. The van der Waals surface area contributed by atoms with Gasteiger partial charge in [-0.3, -0.25) is 4.79 Å². The molecule has 1 rings (SSSR count). The Bertz CT molecular complexity index is 356. The number of rotatable bonds is 5. The average molecular weight is 371 g/mol. The second kappa shape index (κ2) is 6.74. The molecule has 90 valence electrons. The third-order valence-corrected chi connectivity index (χ3v) is 4.12. The highest BCUT2D eigenvalue weighted by molar-refractivity contribution is 9.11. The van der Waals surface area contributed by atoms with Crippen LogP contribution < -0.4 is 0 Å². The normalized spacial score (nSPS) is 12.5. The summed E-state index contributed by atoms with van der Waals surface area (Å²) in [4.78, 5) is 14.5. The summed E-state index contributed by atoms with van der Waals surface area (Å²) in [6, 6.07) is 3.71. The van der Waals surface area contributed by atoms with Crippen molar-refractivity contribution >= 4 is 49.1 Å². The highest BCUT2D eigenvalue weighted by Crippen LogP contribution is 2.23. The Morgan fingerprint density at radius 3 is 2.81 bits per heavy atom. The Balaban J connectivity index is 2.54. The van der Waals surface area contributed by atoms with Gasteiger partial charge in [-0.05, 0) is 28.1 Å². The molecule has 0 aliphatic rings. The molecule has 1 atom stereocenters. The van der Waals surface area contributed by atoms with Crippen LogP contribution >= 0.6 is 43.2 Å². The van der Waals surface area contributed by atoms with E-state index in [4.69, 9.17) is 4.74 Å². The van der Waals surface area contributed by atoms with Gasteiger partial charge in [-0.2, -0.15) is 0 Å². The second-order valence-corrected chi connectivity index (χ2v) is 7.10. The van der Waals surface area contributed by atoms with Crippen molar-refractivity contribution in [2.75, 3.05) is 27.3 Å². The SMILES string of the molecule is COCC(Br)CN(C)C(=O)c1ccc(Br)s1. The summed E-state index contributed by atoms with van der Waals surface area (Å²) in [6.07, 6.45) is 0. The van der Waals surface area contributed by atoms with Crippen LogP contribution in [0.3, 0.4) is 0 Å². The third kappa shape index (κ3) is 4.16. The van der Waals surface area contributed by atoms with Crippen LogP contribution in [0.25, 0.3) is 0 Å². The number of hydrogen-bond donors (Lipinski definition) is 0. The maximum absolute atomic E-state index is 12.0. The molecule has 1 unspecified atom stereocenters. The van der Waals surface area contributed by atoms with Gasteiger partial charge >= 0.3 is 0 Å². The summed E-state index contributed by atoms with van der Waals surface area (Å²) < 4.78 is 5.97. The van der Waals surface area contributed by atoms with E-state index in [0.29, 0.717) is 13.2 Å². The second-order valence-electron chi connectivity index (χ2n) is 3.34. The minimum atomic E-state index is 0.0382. The summed E-state index contributed by atoms with van der Waals surface area (Å²) in [7, 11) is 3.44. The van der Waals surface area contributed by atoms with Crippen LogP contribution in [-0.2, 0) is 4.74 Å². The van der Waals surface area contributed by atoms with Crippen molar-refractivity contribution < 1.29 is 9.53 Å². The number of halogens is 2. The number of thiophene rings is 1. The van der Waals surface area contributed by atoms with E-state index in [0.717, 1.165) is 8.66 Å². The molecule has 0 aliphatic carbocycles. The smallest absolute Gasteiger partial charge is 0.263 e. The summed E-state index contributed by atoms with van der Waals surface area (Å²) in [5.74, 6) is 0.0382. The highest BCUT2D eigenvalue weighted by Gasteiger charge is 2.16. The number of hydrogen-bond acceptors (Lipinski definition) is 3. The van der Waals surface area contributed by atoms with Crippen molar-refractivity contribution in [1.29, 1.82) is 0 Å². The molecule has 1 heterocycles. The lowest BCUT2D eigenvalue weighted by atomic mass is 10.3. The molecule has 1 amide bonds. The van der Waals surface area contributed by atoms with Gasteiger partial charge in [0.05, 0.1) is 20.1 Å². The Morgan fingerprint density at radius 2 is 2.31 bits per heavy atom. The summed E-state index contributed by atoms with van der Waals surface area (Å²) >= 11 is 8.25. The third-order valence-electron chi connectivity index (χ3n) is 1.95. The van der Waals surface area contributed by atoms with E-state index in [-0.39, 0.29) is 10.7 Å². The Labute approximate surface area is 116 Å². The van der Waals surface area contributed by atoms with Gasteiger partial charge < -0.3 is 9.64 Å². The molecule has 1 aromatic heterocycles. The van der Waals surface area contributed by atoms with Gasteiger partial charge in [0.15, 0.2) is 0 Å². The van der Waals surface area contributed by atoms with Crippen molar-refractivity contribution in [3.05, 3.63) is 20.8 Å². The number of alkyl halides is 1. The van der Waals surface area contributed by atoms with Crippen molar-refractivity contribution in [2.45, 2.75) is 4.83 Å². The largest absolute Gasteiger partial charge is 0.383 e. The molecule has 0 N–H and O–H groups in total. The number of carbonyl (C=O) groups is 1. The van der Waals surface area contributed by atoms with E-state index < -0.39 is 0 Å². The van der Waals surface area contributed by atoms with Gasteiger partial charge in [-0.1, -0.05) is 15.9 Å². The van der Waals surface area contributed by atoms with Gasteiger partial charge in [-0.25, -0.2) is 0 Å². The van der Waals surface area contributed by atoms with E-state index in [1.807, 2.05) is 12.1 Å². The summed E-state index contributed by atoms with van der Waals surface area (Å²) in [5, 5.41) is 0. The van der Waals surface area contributed by atoms with Crippen LogP contribution in [-0.4, -0.2) is 42.9 Å². The number of amides is 1. The fourth-order valence-electron chi connectivity index (χ4n) is 1.23. The van der Waals surface area contributed by atoms with Gasteiger partial charge in [0.25, 0.3) is 5.91 Å². The molecular weight excluding hydrogens is 358 g/mol. The van der Waals surface area contributed by atoms with Crippen LogP contribution in [0.15, 0.2) is 15.9 Å². The van der Waals surface area contributed by atoms with Crippen LogP contribution in [0.5, 0.6) is 0 Å². The molecule has 0 saturated carbocycles. The van der Waals surface area contributed by atoms with E-state index in [1.165, 1.54) is 11.3 Å². The zero-order chi connectivity index (χ0) is 12.1. The molecule has 0 spiro atoms. The summed E-state index contributed by atoms with van der Waals surface area (Å²) in [6.45, 7) is 1.22. The van der Waals surface area contributed by atoms with E-state index >= 15 is 0 Å². The topological polar surface area (TPSA) is 29.5 Å². The fourth-order valence-corrected chi connectivity index (χ4v) is 3.31. The average Bonchev–Trinajstić information content (AvgIpc) is 2.64. The van der Waals surface area contributed by atoms with Gasteiger partial charge in [0.2, 0.25) is 0 Å². The Morgan fingerprint density at radius 1 is 1.62 bits per heavy atom. The lowest BCUT2D eigenvalue weighted by molar-refractivity contribution is 0.0789. The van der Waals surface area contributed by atoms with Crippen molar-refractivity contribution in [3.8, 4) is 0 Å². The van der Waals surface area contributed by atoms with Crippen LogP contribution in [0.2, 0.25) is 0 Å². The predicted molar refractivity (Wildman–Crippen MR) is 73.6 cm³/mol. The first-order valence-corrected chi connectivity index (χ1v) is 7.21. The first kappa shape index (κ1) is 14.2. The quantitative estimate of drug-likeness (QED) is 0.745. The first-order valence-electron chi connectivity index (χ1n) is 4.68. The standard InChI is InChI=1S/C10H13Br2NO2S/c1-13(5-7(11)6-15-2)10(14)8-3-4-9(12)16-8/h3-4,7H,5-6H2,1-2H3. The molecule has 0 radical (unpaired) electrons. The molecule has 0 aromatic carbocycles. The van der Waals surface area contributed by atoms with Gasteiger partial charge in [0, 0.05) is 20.7 Å². The fraction of sp³-hybridized carbons (Fsp3) is 0.500. The molecule has 0 bridgehead atoms. The molecule has 16 heavy (non-hydrogen) atoms. The molecule has 1 aromatic rings. The molecule has 0 aliphatic heterocycles. The van der Waals surface area contributed by atoms with E-state index in [1.54, 1.807) is 19.1 Å². The minimum Gasteiger partial charge on any atom is -0.383 e. The summed E-state index contributed by atoms with van der Waals surface area (Å²) in [5.41, 5.74) is 0. The maximum Gasteiger partial charge on any atom is 0.263 e. The maximum atomic E-state index is 12.0. The Kier molecular flexibility index (Phi) is 5.96. The number of ether oxygens (including phenoxy) is 1. The lowest BCUT2D eigenvalue weighted by Crippen LogP contribution is -2.33. The van der Waals surface area contributed by atoms with Crippen LogP contribution in [0.1, 0.15) is 9.67 Å². The first-order chi connectivity index (χ1) is 7.54. The predicted octanol–water partition coefficient (Wildman–Crippen LogP) is 2.99. The molecule has 3 nitrogen and oxygen atoms in total. The number of carbonyl (C=O) groups excluding carboxylic acids is 1. The van der Waals surface area contributed by atoms with E-state index in [9.17, 15) is 4.79 Å². The zero-order valence-corrected chi connectivity index (χ0v) is 13.1. The highest BCUT2D eigenvalue weighted by atomic mass is 79.9. The number of nitrogens with zero attached hydrogens (tertiary/aromatic N) is 1. The lowest BCUT2D eigenvalue weighted by Gasteiger charge is -2.19. The Hall–Kier alpha value is 0.0900. The van der Waals surface area contributed by atoms with Crippen LogP contribution in [0.4, 0.5) is 0 Å². The van der Waals surface area contributed by atoms with Crippen molar-refractivity contribution in [2.24, 2.45) is 0 Å². The van der Waals surface area contributed by atoms with Crippen LogP contribution in [0, 0.1) is 0 Å². The van der Waals surface area contributed by atoms with Crippen molar-refractivity contribution in [1.82, 2.24) is 4.90 Å². The van der Waals surface area contributed by atoms with Gasteiger partial charge in [-0.15, -0.1) is 11.3 Å². The van der Waals surface area contributed by atoms with Crippen molar-refractivity contribution in [3.63, 3.8) is 0 Å².